The molecular weight excluding hydrogens is 352 g/mol. The maximum absolute atomic E-state index is 12.5. The summed E-state index contributed by atoms with van der Waals surface area (Å²) < 4.78 is 28.4. The van der Waals surface area contributed by atoms with Gasteiger partial charge < -0.3 is 5.73 Å². The Balaban J connectivity index is 1.91. The number of hydrogen-bond acceptors (Lipinski definition) is 3. The second-order valence-electron chi connectivity index (χ2n) is 5.10. The maximum Gasteiger partial charge on any atom is 0.242 e. The van der Waals surface area contributed by atoms with Crippen molar-refractivity contribution in [1.82, 2.24) is 4.72 Å². The third-order valence-electron chi connectivity index (χ3n) is 3.67. The summed E-state index contributed by atoms with van der Waals surface area (Å²) in [6, 6.07) is 12.2. The predicted octanol–water partition coefficient (Wildman–Crippen LogP) is 3.00. The van der Waals surface area contributed by atoms with Crippen molar-refractivity contribution in [2.75, 3.05) is 5.73 Å². The number of fused-ring (bicyclic) bond motifs is 1. The Morgan fingerprint density at radius 2 is 1.95 bits per heavy atom. The Labute approximate surface area is 132 Å². The summed E-state index contributed by atoms with van der Waals surface area (Å²) in [5, 5.41) is 0. The molecule has 0 heterocycles. The molecule has 1 atom stereocenters. The number of benzene rings is 2. The molecule has 0 radical (unpaired) electrons. The SMILES string of the molecule is Nc1ccc2c(c1)CCC2NS(=O)(=O)c1ccccc1Br. The molecule has 0 fully saturated rings. The summed E-state index contributed by atoms with van der Waals surface area (Å²) in [7, 11) is -3.56. The third-order valence-corrected chi connectivity index (χ3v) is 6.15. The largest absolute Gasteiger partial charge is 0.399 e. The van der Waals surface area contributed by atoms with Crippen LogP contribution in [-0.2, 0) is 16.4 Å². The lowest BCUT2D eigenvalue weighted by molar-refractivity contribution is 0.554. The Bertz CT molecular complexity index is 790. The molecule has 3 N–H and O–H groups in total. The minimum absolute atomic E-state index is 0.197. The Hall–Kier alpha value is -1.37. The van der Waals surface area contributed by atoms with Crippen LogP contribution in [0.4, 0.5) is 5.69 Å². The van der Waals surface area contributed by atoms with Crippen LogP contribution in [0, 0.1) is 0 Å². The van der Waals surface area contributed by atoms with E-state index in [-0.39, 0.29) is 10.9 Å². The molecule has 1 aliphatic carbocycles. The summed E-state index contributed by atoms with van der Waals surface area (Å²) in [6.07, 6.45) is 1.59. The van der Waals surface area contributed by atoms with E-state index in [4.69, 9.17) is 5.73 Å². The first kappa shape index (κ1) is 14.6. The van der Waals surface area contributed by atoms with Crippen LogP contribution in [-0.4, -0.2) is 8.42 Å². The lowest BCUT2D eigenvalue weighted by Crippen LogP contribution is -2.27. The van der Waals surface area contributed by atoms with Crippen LogP contribution in [0.25, 0.3) is 0 Å². The van der Waals surface area contributed by atoms with E-state index in [1.54, 1.807) is 24.3 Å². The standard InChI is InChI=1S/C15H15BrN2O2S/c16-13-3-1-2-4-15(13)21(19,20)18-14-8-5-10-9-11(17)6-7-12(10)14/h1-4,6-7,9,14,18H,5,8,17H2. The van der Waals surface area contributed by atoms with Crippen LogP contribution in [0.15, 0.2) is 51.8 Å². The molecule has 4 nitrogen and oxygen atoms in total. The molecule has 1 aliphatic rings. The third kappa shape index (κ3) is 2.84. The molecule has 21 heavy (non-hydrogen) atoms. The number of sulfonamides is 1. The first-order valence-electron chi connectivity index (χ1n) is 6.62. The maximum atomic E-state index is 12.5. The molecule has 2 aromatic rings. The van der Waals surface area contributed by atoms with Crippen molar-refractivity contribution in [3.8, 4) is 0 Å². The number of rotatable bonds is 3. The van der Waals surface area contributed by atoms with Gasteiger partial charge in [-0.15, -0.1) is 0 Å². The highest BCUT2D eigenvalue weighted by Crippen LogP contribution is 2.34. The zero-order chi connectivity index (χ0) is 15.0. The first-order chi connectivity index (χ1) is 9.97. The molecule has 0 bridgehead atoms. The number of nitrogen functional groups attached to an aromatic ring is 1. The highest BCUT2D eigenvalue weighted by Gasteiger charge is 2.28. The predicted molar refractivity (Wildman–Crippen MR) is 86.4 cm³/mol. The molecule has 3 rings (SSSR count). The van der Waals surface area contributed by atoms with Crippen LogP contribution in [0.5, 0.6) is 0 Å². The van der Waals surface area contributed by atoms with E-state index >= 15 is 0 Å². The molecule has 0 aromatic heterocycles. The molecule has 0 spiro atoms. The zero-order valence-electron chi connectivity index (χ0n) is 11.2. The second-order valence-corrected chi connectivity index (χ2v) is 7.64. The van der Waals surface area contributed by atoms with Gasteiger partial charge in [0.15, 0.2) is 0 Å². The van der Waals surface area contributed by atoms with Crippen molar-refractivity contribution < 1.29 is 8.42 Å². The molecule has 6 heteroatoms. The van der Waals surface area contributed by atoms with E-state index in [1.807, 2.05) is 18.2 Å². The van der Waals surface area contributed by atoms with Crippen LogP contribution < -0.4 is 10.5 Å². The summed E-state index contributed by atoms with van der Waals surface area (Å²) in [5.74, 6) is 0. The minimum Gasteiger partial charge on any atom is -0.399 e. The van der Waals surface area contributed by atoms with Crippen molar-refractivity contribution in [3.63, 3.8) is 0 Å². The average molecular weight is 367 g/mol. The average Bonchev–Trinajstić information content (AvgIpc) is 2.80. The molecule has 0 saturated carbocycles. The molecule has 0 amide bonds. The van der Waals surface area contributed by atoms with Crippen molar-refractivity contribution in [3.05, 3.63) is 58.1 Å². The summed E-state index contributed by atoms with van der Waals surface area (Å²) in [6.45, 7) is 0. The lowest BCUT2D eigenvalue weighted by Gasteiger charge is -2.15. The summed E-state index contributed by atoms with van der Waals surface area (Å²) >= 11 is 3.29. The van der Waals surface area contributed by atoms with E-state index < -0.39 is 10.0 Å². The van der Waals surface area contributed by atoms with Gasteiger partial charge in [-0.1, -0.05) is 18.2 Å². The quantitative estimate of drug-likeness (QED) is 0.820. The van der Waals surface area contributed by atoms with Gasteiger partial charge in [0.05, 0.1) is 4.90 Å². The van der Waals surface area contributed by atoms with Gasteiger partial charge in [0.2, 0.25) is 10.0 Å². The van der Waals surface area contributed by atoms with Gasteiger partial charge in [0.1, 0.15) is 0 Å². The van der Waals surface area contributed by atoms with E-state index in [9.17, 15) is 8.42 Å². The second kappa shape index (κ2) is 5.44. The van der Waals surface area contributed by atoms with Crippen LogP contribution in [0.3, 0.4) is 0 Å². The summed E-state index contributed by atoms with van der Waals surface area (Å²) in [5.41, 5.74) is 8.61. The van der Waals surface area contributed by atoms with Crippen molar-refractivity contribution in [2.24, 2.45) is 0 Å². The monoisotopic (exact) mass is 366 g/mol. The lowest BCUT2D eigenvalue weighted by atomic mass is 10.1. The molecule has 0 aliphatic heterocycles. The smallest absolute Gasteiger partial charge is 0.242 e. The molecule has 1 unspecified atom stereocenters. The minimum atomic E-state index is -3.56. The Morgan fingerprint density at radius 3 is 2.71 bits per heavy atom. The van der Waals surface area contributed by atoms with E-state index in [0.717, 1.165) is 24.0 Å². The normalized spacial score (nSPS) is 17.7. The number of hydrogen-bond donors (Lipinski definition) is 2. The highest BCUT2D eigenvalue weighted by molar-refractivity contribution is 9.10. The fourth-order valence-electron chi connectivity index (χ4n) is 2.67. The number of halogens is 1. The zero-order valence-corrected chi connectivity index (χ0v) is 13.6. The molecule has 110 valence electrons. The number of aryl methyl sites for hydroxylation is 1. The Morgan fingerprint density at radius 1 is 1.19 bits per heavy atom. The topological polar surface area (TPSA) is 72.2 Å². The van der Waals surface area contributed by atoms with Gasteiger partial charge in [-0.25, -0.2) is 13.1 Å². The van der Waals surface area contributed by atoms with Crippen LogP contribution >= 0.6 is 15.9 Å². The molecular formula is C15H15BrN2O2S. The van der Waals surface area contributed by atoms with Crippen molar-refractivity contribution in [2.45, 2.75) is 23.8 Å². The van der Waals surface area contributed by atoms with E-state index in [0.29, 0.717) is 10.2 Å². The van der Waals surface area contributed by atoms with Crippen LogP contribution in [0.1, 0.15) is 23.6 Å². The van der Waals surface area contributed by atoms with Gasteiger partial charge in [-0.3, -0.25) is 0 Å². The van der Waals surface area contributed by atoms with Crippen LogP contribution in [0.2, 0.25) is 0 Å². The van der Waals surface area contributed by atoms with Gasteiger partial charge in [-0.05, 0) is 64.2 Å². The number of nitrogens with two attached hydrogens (primary N) is 1. The number of nitrogens with one attached hydrogen (secondary N) is 1. The van der Waals surface area contributed by atoms with Gasteiger partial charge in [-0.2, -0.15) is 0 Å². The van der Waals surface area contributed by atoms with Gasteiger partial charge in [0.25, 0.3) is 0 Å². The first-order valence-corrected chi connectivity index (χ1v) is 8.90. The van der Waals surface area contributed by atoms with Gasteiger partial charge >= 0.3 is 0 Å². The molecule has 0 saturated heterocycles. The van der Waals surface area contributed by atoms with Gasteiger partial charge in [0, 0.05) is 16.2 Å². The Kier molecular flexibility index (Phi) is 3.77. The van der Waals surface area contributed by atoms with Crippen molar-refractivity contribution >= 4 is 31.6 Å². The van der Waals surface area contributed by atoms with Crippen molar-refractivity contribution in [1.29, 1.82) is 0 Å². The highest BCUT2D eigenvalue weighted by atomic mass is 79.9. The van der Waals surface area contributed by atoms with E-state index in [1.165, 1.54) is 0 Å². The fourth-order valence-corrected chi connectivity index (χ4v) is 4.93. The number of anilines is 1. The van der Waals surface area contributed by atoms with E-state index in [2.05, 4.69) is 20.7 Å². The molecule has 2 aromatic carbocycles. The summed E-state index contributed by atoms with van der Waals surface area (Å²) in [4.78, 5) is 0.258. The fraction of sp³-hybridized carbons (Fsp3) is 0.200.